The molecule has 0 aromatic heterocycles. The van der Waals surface area contributed by atoms with Crippen LogP contribution in [0.2, 0.25) is 0 Å². The summed E-state index contributed by atoms with van der Waals surface area (Å²) >= 11 is 0. The van der Waals surface area contributed by atoms with Gasteiger partial charge in [-0.3, -0.25) is 9.69 Å². The quantitative estimate of drug-likeness (QED) is 0.902. The van der Waals surface area contributed by atoms with Gasteiger partial charge in [0.25, 0.3) is 0 Å². The standard InChI is InChI=1S/C15H20N2O3/c1-11-6-4-5-7-12(11)16(3)14(20)17-9-8-15(2,10-17)13(18)19/h4-7H,8-10H2,1-3H3,(H,18,19). The van der Waals surface area contributed by atoms with Crippen LogP contribution in [0.5, 0.6) is 0 Å². The monoisotopic (exact) mass is 276 g/mol. The number of hydrogen-bond donors (Lipinski definition) is 1. The van der Waals surface area contributed by atoms with Crippen molar-refractivity contribution in [3.05, 3.63) is 29.8 Å². The maximum atomic E-state index is 12.5. The summed E-state index contributed by atoms with van der Waals surface area (Å²) in [6.45, 7) is 4.39. The number of anilines is 1. The molecule has 20 heavy (non-hydrogen) atoms. The normalized spacial score (nSPS) is 21.9. The SMILES string of the molecule is Cc1ccccc1N(C)C(=O)N1CCC(C)(C(=O)O)C1. The summed E-state index contributed by atoms with van der Waals surface area (Å²) in [6.07, 6.45) is 0.496. The molecule has 0 aliphatic carbocycles. The Balaban J connectivity index is 2.14. The second kappa shape index (κ2) is 5.15. The number of aryl methyl sites for hydroxylation is 1. The van der Waals surface area contributed by atoms with Crippen LogP contribution in [0.4, 0.5) is 10.5 Å². The molecule has 1 saturated heterocycles. The van der Waals surface area contributed by atoms with Gasteiger partial charge in [0.15, 0.2) is 0 Å². The maximum Gasteiger partial charge on any atom is 0.324 e. The highest BCUT2D eigenvalue weighted by Crippen LogP contribution is 2.31. The van der Waals surface area contributed by atoms with Gasteiger partial charge in [0, 0.05) is 25.8 Å². The van der Waals surface area contributed by atoms with E-state index in [0.717, 1.165) is 11.3 Å². The average Bonchev–Trinajstić information content (AvgIpc) is 2.82. The van der Waals surface area contributed by atoms with E-state index in [9.17, 15) is 14.7 Å². The van der Waals surface area contributed by atoms with Crippen molar-refractivity contribution in [2.75, 3.05) is 25.0 Å². The second-order valence-electron chi connectivity index (χ2n) is 5.67. The lowest BCUT2D eigenvalue weighted by Gasteiger charge is -2.27. The average molecular weight is 276 g/mol. The Morgan fingerprint density at radius 2 is 2.00 bits per heavy atom. The summed E-state index contributed by atoms with van der Waals surface area (Å²) in [7, 11) is 1.72. The smallest absolute Gasteiger partial charge is 0.324 e. The van der Waals surface area contributed by atoms with Crippen molar-refractivity contribution >= 4 is 17.7 Å². The minimum Gasteiger partial charge on any atom is -0.481 e. The molecule has 1 fully saturated rings. The van der Waals surface area contributed by atoms with E-state index in [1.54, 1.807) is 23.8 Å². The zero-order valence-electron chi connectivity index (χ0n) is 12.1. The number of carbonyl (C=O) groups is 2. The number of benzene rings is 1. The fourth-order valence-electron chi connectivity index (χ4n) is 2.55. The Labute approximate surface area is 118 Å². The van der Waals surface area contributed by atoms with Crippen molar-refractivity contribution < 1.29 is 14.7 Å². The number of carbonyl (C=O) groups excluding carboxylic acids is 1. The summed E-state index contributed by atoms with van der Waals surface area (Å²) in [5, 5.41) is 9.22. The van der Waals surface area contributed by atoms with E-state index >= 15 is 0 Å². The molecule has 0 bridgehead atoms. The molecule has 1 unspecified atom stereocenters. The molecule has 0 saturated carbocycles. The Hall–Kier alpha value is -2.04. The molecule has 1 aliphatic rings. The molecule has 1 N–H and O–H groups in total. The molecular formula is C15H20N2O3. The summed E-state index contributed by atoms with van der Waals surface area (Å²) < 4.78 is 0. The van der Waals surface area contributed by atoms with Crippen molar-refractivity contribution in [3.63, 3.8) is 0 Å². The molecule has 1 heterocycles. The highest BCUT2D eigenvalue weighted by molar-refractivity contribution is 5.93. The molecule has 1 aromatic rings. The zero-order chi connectivity index (χ0) is 14.9. The summed E-state index contributed by atoms with van der Waals surface area (Å²) in [4.78, 5) is 26.9. The van der Waals surface area contributed by atoms with Crippen LogP contribution in [0, 0.1) is 12.3 Å². The molecule has 2 rings (SSSR count). The molecule has 5 nitrogen and oxygen atoms in total. The van der Waals surface area contributed by atoms with Crippen LogP contribution < -0.4 is 4.90 Å². The number of hydrogen-bond acceptors (Lipinski definition) is 2. The van der Waals surface area contributed by atoms with E-state index in [2.05, 4.69) is 0 Å². The largest absolute Gasteiger partial charge is 0.481 e. The van der Waals surface area contributed by atoms with E-state index in [1.165, 1.54) is 0 Å². The van der Waals surface area contributed by atoms with Crippen molar-refractivity contribution in [1.29, 1.82) is 0 Å². The van der Waals surface area contributed by atoms with Crippen LogP contribution in [0.25, 0.3) is 0 Å². The maximum absolute atomic E-state index is 12.5. The first-order chi connectivity index (χ1) is 9.35. The number of nitrogens with zero attached hydrogens (tertiary/aromatic N) is 2. The first-order valence-electron chi connectivity index (χ1n) is 6.67. The summed E-state index contributed by atoms with van der Waals surface area (Å²) in [6, 6.07) is 7.50. The van der Waals surface area contributed by atoms with Gasteiger partial charge in [-0.05, 0) is 31.9 Å². The number of rotatable bonds is 2. The third kappa shape index (κ3) is 2.48. The number of carboxylic acids is 1. The molecule has 2 amide bonds. The van der Waals surface area contributed by atoms with E-state index in [1.807, 2.05) is 31.2 Å². The van der Waals surface area contributed by atoms with Gasteiger partial charge in [0.2, 0.25) is 0 Å². The number of amides is 2. The number of aliphatic carboxylic acids is 1. The van der Waals surface area contributed by atoms with Gasteiger partial charge in [0.1, 0.15) is 0 Å². The van der Waals surface area contributed by atoms with Gasteiger partial charge in [-0.1, -0.05) is 18.2 Å². The molecule has 5 heteroatoms. The van der Waals surface area contributed by atoms with Crippen molar-refractivity contribution in [2.45, 2.75) is 20.3 Å². The second-order valence-corrected chi connectivity index (χ2v) is 5.67. The van der Waals surface area contributed by atoms with Crippen LogP contribution in [0.1, 0.15) is 18.9 Å². The molecule has 1 atom stereocenters. The minimum absolute atomic E-state index is 0.149. The lowest BCUT2D eigenvalue weighted by Crippen LogP contribution is -2.42. The zero-order valence-corrected chi connectivity index (χ0v) is 12.1. The van der Waals surface area contributed by atoms with Crippen LogP contribution >= 0.6 is 0 Å². The lowest BCUT2D eigenvalue weighted by molar-refractivity contribution is -0.146. The van der Waals surface area contributed by atoms with Gasteiger partial charge in [-0.2, -0.15) is 0 Å². The Morgan fingerprint density at radius 1 is 1.35 bits per heavy atom. The number of para-hydroxylation sites is 1. The van der Waals surface area contributed by atoms with Gasteiger partial charge in [-0.15, -0.1) is 0 Å². The molecular weight excluding hydrogens is 256 g/mol. The topological polar surface area (TPSA) is 60.9 Å². The number of urea groups is 1. The van der Waals surface area contributed by atoms with Crippen LogP contribution in [-0.4, -0.2) is 42.1 Å². The number of likely N-dealkylation sites (tertiary alicyclic amines) is 1. The van der Waals surface area contributed by atoms with Gasteiger partial charge in [-0.25, -0.2) is 4.79 Å². The molecule has 0 radical (unpaired) electrons. The predicted octanol–water partition coefficient (Wildman–Crippen LogP) is 2.35. The predicted molar refractivity (Wildman–Crippen MR) is 76.9 cm³/mol. The van der Waals surface area contributed by atoms with Crippen LogP contribution in [0.3, 0.4) is 0 Å². The number of carboxylic acid groups (broad SMARTS) is 1. The lowest BCUT2D eigenvalue weighted by atomic mass is 9.90. The van der Waals surface area contributed by atoms with E-state index < -0.39 is 11.4 Å². The third-order valence-corrected chi connectivity index (χ3v) is 4.02. The molecule has 1 aliphatic heterocycles. The van der Waals surface area contributed by atoms with Crippen molar-refractivity contribution in [3.8, 4) is 0 Å². The summed E-state index contributed by atoms with van der Waals surface area (Å²) in [5.41, 5.74) is 1.03. The fraction of sp³-hybridized carbons (Fsp3) is 0.467. The van der Waals surface area contributed by atoms with E-state index in [4.69, 9.17) is 0 Å². The first kappa shape index (κ1) is 14.4. The van der Waals surface area contributed by atoms with E-state index in [0.29, 0.717) is 13.0 Å². The molecule has 108 valence electrons. The van der Waals surface area contributed by atoms with Crippen LogP contribution in [-0.2, 0) is 4.79 Å². The highest BCUT2D eigenvalue weighted by Gasteiger charge is 2.42. The molecule has 0 spiro atoms. The minimum atomic E-state index is -0.841. The van der Waals surface area contributed by atoms with Crippen LogP contribution in [0.15, 0.2) is 24.3 Å². The Bertz CT molecular complexity index is 544. The fourth-order valence-corrected chi connectivity index (χ4v) is 2.55. The van der Waals surface area contributed by atoms with Crippen molar-refractivity contribution in [1.82, 2.24) is 4.90 Å². The van der Waals surface area contributed by atoms with Gasteiger partial charge in [0.05, 0.1) is 5.41 Å². The van der Waals surface area contributed by atoms with Gasteiger partial charge < -0.3 is 10.0 Å². The van der Waals surface area contributed by atoms with E-state index in [-0.39, 0.29) is 12.6 Å². The summed E-state index contributed by atoms with van der Waals surface area (Å²) in [5.74, 6) is -0.841. The highest BCUT2D eigenvalue weighted by atomic mass is 16.4. The Kier molecular flexibility index (Phi) is 3.70. The van der Waals surface area contributed by atoms with Crippen molar-refractivity contribution in [2.24, 2.45) is 5.41 Å². The first-order valence-corrected chi connectivity index (χ1v) is 6.67. The Morgan fingerprint density at radius 3 is 2.55 bits per heavy atom. The molecule has 1 aromatic carbocycles. The van der Waals surface area contributed by atoms with Gasteiger partial charge >= 0.3 is 12.0 Å². The third-order valence-electron chi connectivity index (χ3n) is 4.02.